The number of hydrazone groups is 1. The molecule has 0 unspecified atom stereocenters. The second kappa shape index (κ2) is 11.1. The van der Waals surface area contributed by atoms with Crippen LogP contribution in [0.1, 0.15) is 15.9 Å². The van der Waals surface area contributed by atoms with Crippen LogP contribution < -0.4 is 19.6 Å². The number of esters is 1. The Morgan fingerprint density at radius 3 is 2.41 bits per heavy atom. The lowest BCUT2D eigenvalue weighted by Crippen LogP contribution is -2.24. The number of methoxy groups -OCH3 is 1. The van der Waals surface area contributed by atoms with Crippen molar-refractivity contribution in [3.8, 4) is 17.2 Å². The molecule has 0 radical (unpaired) electrons. The molecule has 0 aliphatic carbocycles. The molecule has 7 nitrogen and oxygen atoms in total. The Bertz CT molecular complexity index is 1120. The van der Waals surface area contributed by atoms with Gasteiger partial charge < -0.3 is 14.2 Å². The van der Waals surface area contributed by atoms with E-state index in [1.165, 1.54) is 37.6 Å². The van der Waals surface area contributed by atoms with Gasteiger partial charge in [0.1, 0.15) is 23.1 Å². The minimum Gasteiger partial charge on any atom is -0.497 e. The van der Waals surface area contributed by atoms with E-state index in [0.29, 0.717) is 22.6 Å². The number of hydrogen-bond donors (Lipinski definition) is 1. The molecule has 0 bridgehead atoms. The lowest BCUT2D eigenvalue weighted by atomic mass is 10.2. The van der Waals surface area contributed by atoms with Crippen molar-refractivity contribution in [2.45, 2.75) is 0 Å². The van der Waals surface area contributed by atoms with Crippen LogP contribution in [0.4, 0.5) is 4.39 Å². The average molecular weight is 501 g/mol. The molecule has 32 heavy (non-hydrogen) atoms. The highest BCUT2D eigenvalue weighted by Crippen LogP contribution is 2.23. The Balaban J connectivity index is 1.61. The Morgan fingerprint density at radius 1 is 1.03 bits per heavy atom. The summed E-state index contributed by atoms with van der Waals surface area (Å²) in [5, 5.41) is 3.88. The fourth-order valence-corrected chi connectivity index (χ4v) is 2.86. The summed E-state index contributed by atoms with van der Waals surface area (Å²) in [7, 11) is 1.54. The third-order valence-electron chi connectivity index (χ3n) is 4.08. The van der Waals surface area contributed by atoms with E-state index in [-0.39, 0.29) is 12.4 Å². The fourth-order valence-electron chi connectivity index (χ4n) is 2.48. The van der Waals surface area contributed by atoms with E-state index < -0.39 is 17.7 Å². The molecular formula is C23H18BrFN2O5. The fraction of sp³-hybridized carbons (Fsp3) is 0.0870. The van der Waals surface area contributed by atoms with E-state index in [1.54, 1.807) is 42.5 Å². The number of ether oxygens (including phenoxy) is 3. The number of nitrogens with zero attached hydrogens (tertiary/aromatic N) is 1. The highest BCUT2D eigenvalue weighted by Gasteiger charge is 2.12. The molecule has 1 amide bonds. The minimum absolute atomic E-state index is 0.259. The maximum Gasteiger partial charge on any atom is 0.343 e. The van der Waals surface area contributed by atoms with Crippen LogP contribution in [-0.2, 0) is 4.79 Å². The Kier molecular flexibility index (Phi) is 7.93. The molecule has 3 aromatic rings. The number of nitrogens with one attached hydrogen (secondary N) is 1. The Hall–Kier alpha value is -3.72. The summed E-state index contributed by atoms with van der Waals surface area (Å²) in [6.45, 7) is -0.305. The molecule has 0 saturated heterocycles. The number of carbonyl (C=O) groups excluding carboxylic acids is 2. The molecule has 0 fully saturated rings. The third-order valence-corrected chi connectivity index (χ3v) is 4.57. The first kappa shape index (κ1) is 23.0. The summed E-state index contributed by atoms with van der Waals surface area (Å²) in [6, 6.07) is 16.8. The van der Waals surface area contributed by atoms with Gasteiger partial charge in [-0.05, 0) is 66.7 Å². The van der Waals surface area contributed by atoms with Gasteiger partial charge in [0.05, 0.1) is 18.9 Å². The standard InChI is InChI=1S/C23H18BrFN2O5/c1-30-19-7-2-15(3-8-19)23(29)32-21-11-4-17(24)12-16(21)13-26-27-22(28)14-31-20-9-5-18(25)6-10-20/h2-13H,14H2,1H3,(H,27,28)/b26-13+. The average Bonchev–Trinajstić information content (AvgIpc) is 2.80. The highest BCUT2D eigenvalue weighted by atomic mass is 79.9. The van der Waals surface area contributed by atoms with Crippen molar-refractivity contribution in [1.29, 1.82) is 0 Å². The predicted octanol–water partition coefficient (Wildman–Crippen LogP) is 4.35. The van der Waals surface area contributed by atoms with Crippen LogP contribution in [0.3, 0.4) is 0 Å². The summed E-state index contributed by atoms with van der Waals surface area (Å²) < 4.78 is 29.4. The molecule has 3 aromatic carbocycles. The SMILES string of the molecule is COc1ccc(C(=O)Oc2ccc(Br)cc2/C=N/NC(=O)COc2ccc(F)cc2)cc1. The molecule has 0 saturated carbocycles. The van der Waals surface area contributed by atoms with Crippen LogP contribution >= 0.6 is 15.9 Å². The quantitative estimate of drug-likeness (QED) is 0.215. The molecule has 9 heteroatoms. The summed E-state index contributed by atoms with van der Waals surface area (Å²) in [5.74, 6) is -0.236. The second-order valence-corrected chi connectivity index (χ2v) is 7.25. The number of benzene rings is 3. The first-order valence-electron chi connectivity index (χ1n) is 9.30. The van der Waals surface area contributed by atoms with Crippen LogP contribution in [-0.4, -0.2) is 31.8 Å². The first-order chi connectivity index (χ1) is 15.4. The van der Waals surface area contributed by atoms with Gasteiger partial charge in [-0.25, -0.2) is 14.6 Å². The van der Waals surface area contributed by atoms with E-state index in [9.17, 15) is 14.0 Å². The van der Waals surface area contributed by atoms with Crippen molar-refractivity contribution in [3.05, 3.63) is 88.1 Å². The summed E-state index contributed by atoms with van der Waals surface area (Å²) in [6.07, 6.45) is 1.34. The third kappa shape index (κ3) is 6.64. The minimum atomic E-state index is -0.554. The molecule has 0 aliphatic rings. The van der Waals surface area contributed by atoms with Gasteiger partial charge in [0, 0.05) is 10.0 Å². The maximum absolute atomic E-state index is 12.9. The lowest BCUT2D eigenvalue weighted by molar-refractivity contribution is -0.123. The first-order valence-corrected chi connectivity index (χ1v) is 10.1. The lowest BCUT2D eigenvalue weighted by Gasteiger charge is -2.09. The molecule has 0 aliphatic heterocycles. The summed E-state index contributed by atoms with van der Waals surface area (Å²) in [5.41, 5.74) is 3.13. The number of amides is 1. The molecule has 0 spiro atoms. The van der Waals surface area contributed by atoms with Crippen molar-refractivity contribution < 1.29 is 28.2 Å². The monoisotopic (exact) mass is 500 g/mol. The molecule has 0 heterocycles. The van der Waals surface area contributed by atoms with E-state index in [1.807, 2.05) is 0 Å². The van der Waals surface area contributed by atoms with Crippen LogP contribution in [0.25, 0.3) is 0 Å². The Labute approximate surface area is 191 Å². The van der Waals surface area contributed by atoms with Gasteiger partial charge in [-0.15, -0.1) is 0 Å². The van der Waals surface area contributed by atoms with Gasteiger partial charge in [-0.1, -0.05) is 15.9 Å². The van der Waals surface area contributed by atoms with Crippen LogP contribution in [0.2, 0.25) is 0 Å². The highest BCUT2D eigenvalue weighted by molar-refractivity contribution is 9.10. The van der Waals surface area contributed by atoms with Crippen molar-refractivity contribution in [1.82, 2.24) is 5.43 Å². The second-order valence-electron chi connectivity index (χ2n) is 6.34. The molecular weight excluding hydrogens is 483 g/mol. The Morgan fingerprint density at radius 2 is 1.72 bits per heavy atom. The molecule has 0 atom stereocenters. The molecule has 164 valence electrons. The zero-order chi connectivity index (χ0) is 22.9. The van der Waals surface area contributed by atoms with E-state index in [4.69, 9.17) is 14.2 Å². The number of hydrogen-bond acceptors (Lipinski definition) is 6. The van der Waals surface area contributed by atoms with Gasteiger partial charge in [0.25, 0.3) is 5.91 Å². The topological polar surface area (TPSA) is 86.2 Å². The van der Waals surface area contributed by atoms with Crippen molar-refractivity contribution >= 4 is 34.0 Å². The largest absolute Gasteiger partial charge is 0.497 e. The van der Waals surface area contributed by atoms with Gasteiger partial charge in [-0.3, -0.25) is 4.79 Å². The molecule has 1 N–H and O–H groups in total. The predicted molar refractivity (Wildman–Crippen MR) is 120 cm³/mol. The zero-order valence-electron chi connectivity index (χ0n) is 16.9. The maximum atomic E-state index is 12.9. The molecule has 0 aromatic heterocycles. The summed E-state index contributed by atoms with van der Waals surface area (Å²) >= 11 is 3.35. The van der Waals surface area contributed by atoms with Crippen molar-refractivity contribution in [2.75, 3.05) is 13.7 Å². The smallest absolute Gasteiger partial charge is 0.343 e. The number of carbonyl (C=O) groups is 2. The molecule has 3 rings (SSSR count). The number of rotatable bonds is 8. The van der Waals surface area contributed by atoms with Crippen LogP contribution in [0.5, 0.6) is 17.2 Å². The zero-order valence-corrected chi connectivity index (χ0v) is 18.5. The van der Waals surface area contributed by atoms with E-state index in [0.717, 1.165) is 4.47 Å². The van der Waals surface area contributed by atoms with Gasteiger partial charge in [-0.2, -0.15) is 5.10 Å². The van der Waals surface area contributed by atoms with Crippen molar-refractivity contribution in [3.63, 3.8) is 0 Å². The summed E-state index contributed by atoms with van der Waals surface area (Å²) in [4.78, 5) is 24.4. The van der Waals surface area contributed by atoms with Gasteiger partial charge in [0.15, 0.2) is 6.61 Å². The van der Waals surface area contributed by atoms with Gasteiger partial charge >= 0.3 is 5.97 Å². The van der Waals surface area contributed by atoms with E-state index in [2.05, 4.69) is 26.5 Å². The number of halogens is 2. The van der Waals surface area contributed by atoms with E-state index >= 15 is 0 Å². The van der Waals surface area contributed by atoms with Gasteiger partial charge in [0.2, 0.25) is 0 Å². The van der Waals surface area contributed by atoms with Crippen LogP contribution in [0, 0.1) is 5.82 Å². The van der Waals surface area contributed by atoms with Crippen LogP contribution in [0.15, 0.2) is 76.3 Å². The van der Waals surface area contributed by atoms with Crippen molar-refractivity contribution in [2.24, 2.45) is 5.10 Å². The normalized spacial score (nSPS) is 10.6.